The molecule has 0 fully saturated rings. The van der Waals surface area contributed by atoms with E-state index in [-0.39, 0.29) is 23.4 Å². The highest BCUT2D eigenvalue weighted by Crippen LogP contribution is 2.21. The summed E-state index contributed by atoms with van der Waals surface area (Å²) in [5.41, 5.74) is 0.526. The molecule has 0 radical (unpaired) electrons. The molecule has 0 aliphatic rings. The number of halogens is 2. The molecule has 1 aromatic rings. The summed E-state index contributed by atoms with van der Waals surface area (Å²) in [7, 11) is -2.98. The van der Waals surface area contributed by atoms with Crippen LogP contribution in [0.3, 0.4) is 0 Å². The summed E-state index contributed by atoms with van der Waals surface area (Å²) in [5.74, 6) is -0.0887. The molecule has 0 amide bonds. The minimum absolute atomic E-state index is 0.0729. The van der Waals surface area contributed by atoms with E-state index in [1.807, 2.05) is 6.92 Å². The van der Waals surface area contributed by atoms with Gasteiger partial charge in [0.05, 0.1) is 5.75 Å². The summed E-state index contributed by atoms with van der Waals surface area (Å²) >= 11 is 3.29. The van der Waals surface area contributed by atoms with E-state index in [2.05, 4.69) is 21.2 Å². The van der Waals surface area contributed by atoms with Gasteiger partial charge in [-0.25, -0.2) is 12.8 Å². The molecule has 0 heterocycles. The fourth-order valence-electron chi connectivity index (χ4n) is 1.53. The van der Waals surface area contributed by atoms with Gasteiger partial charge < -0.3 is 5.32 Å². The van der Waals surface area contributed by atoms with Crippen LogP contribution in [0.25, 0.3) is 0 Å². The van der Waals surface area contributed by atoms with E-state index < -0.39 is 9.84 Å². The standard InChI is InChI=1S/C12H17BrFNO2S/c1-3-18(16,17)7-6-15-9(2)11-8-10(13)4-5-12(11)14/h4-5,8-9,15H,3,6-7H2,1-2H3/t9-/m0/s1. The zero-order chi connectivity index (χ0) is 13.8. The first-order valence-electron chi connectivity index (χ1n) is 5.74. The van der Waals surface area contributed by atoms with Crippen molar-refractivity contribution in [2.24, 2.45) is 0 Å². The van der Waals surface area contributed by atoms with E-state index in [4.69, 9.17) is 0 Å². The lowest BCUT2D eigenvalue weighted by atomic mass is 10.1. The molecular formula is C12H17BrFNO2S. The van der Waals surface area contributed by atoms with Crippen LogP contribution in [0.1, 0.15) is 25.5 Å². The molecule has 0 saturated carbocycles. The van der Waals surface area contributed by atoms with Gasteiger partial charge in [0, 0.05) is 28.4 Å². The van der Waals surface area contributed by atoms with Crippen LogP contribution in [-0.4, -0.2) is 26.5 Å². The summed E-state index contributed by atoms with van der Waals surface area (Å²) in [6.07, 6.45) is 0. The van der Waals surface area contributed by atoms with Crippen molar-refractivity contribution >= 4 is 25.8 Å². The first-order valence-corrected chi connectivity index (χ1v) is 8.36. The predicted molar refractivity (Wildman–Crippen MR) is 74.8 cm³/mol. The number of rotatable bonds is 6. The smallest absolute Gasteiger partial charge is 0.151 e. The summed E-state index contributed by atoms with van der Waals surface area (Å²) < 4.78 is 37.0. The lowest BCUT2D eigenvalue weighted by Crippen LogP contribution is -2.26. The largest absolute Gasteiger partial charge is 0.309 e. The van der Waals surface area contributed by atoms with Crippen molar-refractivity contribution in [1.82, 2.24) is 5.32 Å². The van der Waals surface area contributed by atoms with Crippen LogP contribution >= 0.6 is 15.9 Å². The van der Waals surface area contributed by atoms with Crippen molar-refractivity contribution in [3.63, 3.8) is 0 Å². The van der Waals surface area contributed by atoms with E-state index in [1.165, 1.54) is 6.07 Å². The number of hydrogen-bond acceptors (Lipinski definition) is 3. The summed E-state index contributed by atoms with van der Waals surface area (Å²) in [5, 5.41) is 3.02. The van der Waals surface area contributed by atoms with Crippen LogP contribution in [0.15, 0.2) is 22.7 Å². The van der Waals surface area contributed by atoms with E-state index in [0.717, 1.165) is 4.47 Å². The maximum absolute atomic E-state index is 13.6. The van der Waals surface area contributed by atoms with Gasteiger partial charge in [-0.15, -0.1) is 0 Å². The molecule has 102 valence electrons. The van der Waals surface area contributed by atoms with Crippen LogP contribution < -0.4 is 5.32 Å². The Morgan fingerprint density at radius 1 is 1.44 bits per heavy atom. The number of hydrogen-bond donors (Lipinski definition) is 1. The lowest BCUT2D eigenvalue weighted by Gasteiger charge is -2.15. The van der Waals surface area contributed by atoms with Gasteiger partial charge >= 0.3 is 0 Å². The third-order valence-corrected chi connectivity index (χ3v) is 4.93. The van der Waals surface area contributed by atoms with Gasteiger partial charge in [0.2, 0.25) is 0 Å². The second-order valence-electron chi connectivity index (χ2n) is 4.08. The van der Waals surface area contributed by atoms with Gasteiger partial charge in [0.1, 0.15) is 5.82 Å². The Kier molecular flexibility index (Phi) is 5.75. The average Bonchev–Trinajstić information content (AvgIpc) is 2.32. The Morgan fingerprint density at radius 2 is 2.11 bits per heavy atom. The third-order valence-electron chi connectivity index (χ3n) is 2.73. The van der Waals surface area contributed by atoms with Crippen molar-refractivity contribution in [3.05, 3.63) is 34.1 Å². The molecular weight excluding hydrogens is 321 g/mol. The number of nitrogens with one attached hydrogen (secondary N) is 1. The maximum Gasteiger partial charge on any atom is 0.151 e. The van der Waals surface area contributed by atoms with Crippen molar-refractivity contribution in [2.45, 2.75) is 19.9 Å². The van der Waals surface area contributed by atoms with Crippen molar-refractivity contribution in [1.29, 1.82) is 0 Å². The minimum Gasteiger partial charge on any atom is -0.309 e. The van der Waals surface area contributed by atoms with Gasteiger partial charge in [0.15, 0.2) is 9.84 Å². The number of sulfone groups is 1. The molecule has 18 heavy (non-hydrogen) atoms. The quantitative estimate of drug-likeness (QED) is 0.867. The molecule has 6 heteroatoms. The molecule has 0 saturated heterocycles. The van der Waals surface area contributed by atoms with Crippen LogP contribution in [0.4, 0.5) is 4.39 Å². The molecule has 0 aliphatic heterocycles. The second-order valence-corrected chi connectivity index (χ2v) is 7.47. The molecule has 1 rings (SSSR count). The van der Waals surface area contributed by atoms with Crippen LogP contribution in [0.2, 0.25) is 0 Å². The topological polar surface area (TPSA) is 46.2 Å². The highest BCUT2D eigenvalue weighted by atomic mass is 79.9. The van der Waals surface area contributed by atoms with Gasteiger partial charge in [-0.2, -0.15) is 0 Å². The summed E-state index contributed by atoms with van der Waals surface area (Å²) in [6.45, 7) is 3.75. The summed E-state index contributed by atoms with van der Waals surface area (Å²) in [6, 6.07) is 4.49. The fraction of sp³-hybridized carbons (Fsp3) is 0.500. The SMILES string of the molecule is CCS(=O)(=O)CCN[C@@H](C)c1cc(Br)ccc1F. The summed E-state index contributed by atoms with van der Waals surface area (Å²) in [4.78, 5) is 0. The third kappa shape index (κ3) is 4.66. The van der Waals surface area contributed by atoms with Crippen LogP contribution in [-0.2, 0) is 9.84 Å². The van der Waals surface area contributed by atoms with E-state index >= 15 is 0 Å². The van der Waals surface area contributed by atoms with Gasteiger partial charge in [0.25, 0.3) is 0 Å². The molecule has 3 nitrogen and oxygen atoms in total. The zero-order valence-electron chi connectivity index (χ0n) is 10.4. The molecule has 0 aliphatic carbocycles. The first kappa shape index (κ1) is 15.6. The highest BCUT2D eigenvalue weighted by molar-refractivity contribution is 9.10. The van der Waals surface area contributed by atoms with Crippen LogP contribution in [0.5, 0.6) is 0 Å². The lowest BCUT2D eigenvalue weighted by molar-refractivity contribution is 0.536. The fourth-order valence-corrected chi connectivity index (χ4v) is 2.63. The molecule has 1 N–H and O–H groups in total. The molecule has 0 unspecified atom stereocenters. The Balaban J connectivity index is 2.61. The van der Waals surface area contributed by atoms with Gasteiger partial charge in [-0.1, -0.05) is 22.9 Å². The van der Waals surface area contributed by atoms with Crippen LogP contribution in [0, 0.1) is 5.82 Å². The van der Waals surface area contributed by atoms with Crippen molar-refractivity contribution < 1.29 is 12.8 Å². The van der Waals surface area contributed by atoms with E-state index in [1.54, 1.807) is 19.1 Å². The Labute approximate surface area is 116 Å². The van der Waals surface area contributed by atoms with Gasteiger partial charge in [-0.05, 0) is 25.1 Å². The average molecular weight is 338 g/mol. The Hall–Kier alpha value is -0.460. The molecule has 1 atom stereocenters. The first-order chi connectivity index (χ1) is 8.35. The van der Waals surface area contributed by atoms with Crippen molar-refractivity contribution in [2.75, 3.05) is 18.1 Å². The van der Waals surface area contributed by atoms with E-state index in [0.29, 0.717) is 12.1 Å². The Bertz CT molecular complexity index is 505. The molecule has 1 aromatic carbocycles. The molecule has 0 spiro atoms. The zero-order valence-corrected chi connectivity index (χ0v) is 12.8. The number of benzene rings is 1. The second kappa shape index (κ2) is 6.63. The van der Waals surface area contributed by atoms with E-state index in [9.17, 15) is 12.8 Å². The molecule has 0 bridgehead atoms. The Morgan fingerprint density at radius 3 is 2.72 bits per heavy atom. The molecule has 0 aromatic heterocycles. The predicted octanol–water partition coefficient (Wildman–Crippen LogP) is 2.67. The normalized spacial score (nSPS) is 13.6. The van der Waals surface area contributed by atoms with Gasteiger partial charge in [-0.3, -0.25) is 0 Å². The van der Waals surface area contributed by atoms with Crippen molar-refractivity contribution in [3.8, 4) is 0 Å². The monoisotopic (exact) mass is 337 g/mol. The minimum atomic E-state index is -2.98. The maximum atomic E-state index is 13.6. The highest BCUT2D eigenvalue weighted by Gasteiger charge is 2.12.